The number of hydrogen-bond donors (Lipinski definition) is 0. The van der Waals surface area contributed by atoms with Crippen LogP contribution >= 0.6 is 11.8 Å². The number of amidine groups is 1. The summed E-state index contributed by atoms with van der Waals surface area (Å²) < 4.78 is 10.1. The van der Waals surface area contributed by atoms with Crippen molar-refractivity contribution < 1.29 is 19.1 Å². The lowest BCUT2D eigenvalue weighted by Crippen LogP contribution is -2.30. The Kier molecular flexibility index (Phi) is 7.68. The molecule has 0 aromatic heterocycles. The van der Waals surface area contributed by atoms with E-state index in [1.165, 1.54) is 11.8 Å². The van der Waals surface area contributed by atoms with Gasteiger partial charge in [-0.25, -0.2) is 4.99 Å². The predicted octanol–water partition coefficient (Wildman–Crippen LogP) is 4.52. The molecule has 3 rings (SSSR count). The Morgan fingerprint density at radius 2 is 1.87 bits per heavy atom. The van der Waals surface area contributed by atoms with E-state index in [4.69, 9.17) is 9.47 Å². The molecule has 0 spiro atoms. The number of esters is 1. The minimum Gasteiger partial charge on any atom is -0.497 e. The number of thioether (sulfide) groups is 1. The van der Waals surface area contributed by atoms with E-state index >= 15 is 0 Å². The molecule has 1 aliphatic rings. The normalized spacial score (nSPS) is 14.7. The van der Waals surface area contributed by atoms with Gasteiger partial charge >= 0.3 is 5.97 Å². The zero-order chi connectivity index (χ0) is 21.3. The molecule has 0 radical (unpaired) electrons. The number of benzene rings is 2. The van der Waals surface area contributed by atoms with Crippen LogP contribution < -0.4 is 9.64 Å². The minimum absolute atomic E-state index is 0.176. The van der Waals surface area contributed by atoms with Crippen LogP contribution in [0, 0.1) is 0 Å². The fraction of sp³-hybridized carbons (Fsp3) is 0.261. The average molecular weight is 425 g/mol. The highest BCUT2D eigenvalue weighted by molar-refractivity contribution is 8.14. The second-order valence-electron chi connectivity index (χ2n) is 6.43. The fourth-order valence-electron chi connectivity index (χ4n) is 2.87. The van der Waals surface area contributed by atoms with Crippen molar-refractivity contribution >= 4 is 40.6 Å². The molecule has 7 heteroatoms. The number of aliphatic imine (C=N–C) groups is 1. The van der Waals surface area contributed by atoms with Gasteiger partial charge in [0, 0.05) is 12.2 Å². The molecule has 0 aliphatic carbocycles. The van der Waals surface area contributed by atoms with Crippen molar-refractivity contribution in [2.24, 2.45) is 4.99 Å². The average Bonchev–Trinajstić information content (AvgIpc) is 3.07. The third-order valence-corrected chi connectivity index (χ3v) is 5.35. The SMILES string of the molecule is CCOC(=O)CCCSC1=N/C(=C/c2ccc(OC)cc2)C(=O)N1c1ccccc1. The van der Waals surface area contributed by atoms with Gasteiger partial charge in [0.1, 0.15) is 11.4 Å². The van der Waals surface area contributed by atoms with Crippen LogP contribution in [0.15, 0.2) is 65.3 Å². The maximum Gasteiger partial charge on any atom is 0.305 e. The minimum atomic E-state index is -0.206. The summed E-state index contributed by atoms with van der Waals surface area (Å²) >= 11 is 1.46. The van der Waals surface area contributed by atoms with Crippen molar-refractivity contribution in [3.8, 4) is 5.75 Å². The second kappa shape index (κ2) is 10.6. The number of hydrogen-bond acceptors (Lipinski definition) is 6. The molecule has 1 amide bonds. The quantitative estimate of drug-likeness (QED) is 0.354. The number of ether oxygens (including phenoxy) is 2. The Labute approximate surface area is 180 Å². The summed E-state index contributed by atoms with van der Waals surface area (Å²) in [6.07, 6.45) is 2.77. The summed E-state index contributed by atoms with van der Waals surface area (Å²) in [5.74, 6) is 1.03. The van der Waals surface area contributed by atoms with E-state index in [1.54, 1.807) is 25.0 Å². The number of para-hydroxylation sites is 1. The monoisotopic (exact) mass is 424 g/mol. The van der Waals surface area contributed by atoms with Crippen molar-refractivity contribution in [1.82, 2.24) is 0 Å². The van der Waals surface area contributed by atoms with Crippen LogP contribution in [-0.4, -0.2) is 36.5 Å². The number of nitrogens with zero attached hydrogens (tertiary/aromatic N) is 2. The molecule has 2 aromatic carbocycles. The van der Waals surface area contributed by atoms with E-state index in [0.29, 0.717) is 36.1 Å². The van der Waals surface area contributed by atoms with Crippen LogP contribution in [0.3, 0.4) is 0 Å². The number of amides is 1. The third kappa shape index (κ3) is 5.51. The molecule has 0 atom stereocenters. The van der Waals surface area contributed by atoms with Gasteiger partial charge < -0.3 is 9.47 Å². The van der Waals surface area contributed by atoms with Crippen molar-refractivity contribution in [1.29, 1.82) is 0 Å². The van der Waals surface area contributed by atoms with Gasteiger partial charge in [-0.05, 0) is 49.2 Å². The third-order valence-electron chi connectivity index (χ3n) is 4.32. The highest BCUT2D eigenvalue weighted by Gasteiger charge is 2.31. The van der Waals surface area contributed by atoms with Gasteiger partial charge in [0.15, 0.2) is 5.17 Å². The van der Waals surface area contributed by atoms with Gasteiger partial charge in [0.2, 0.25) is 0 Å². The number of rotatable bonds is 8. The van der Waals surface area contributed by atoms with Gasteiger partial charge in [0.05, 0.1) is 19.4 Å². The number of carbonyl (C=O) groups is 2. The van der Waals surface area contributed by atoms with Gasteiger partial charge in [-0.3, -0.25) is 14.5 Å². The molecule has 2 aromatic rings. The van der Waals surface area contributed by atoms with E-state index in [2.05, 4.69) is 4.99 Å². The Balaban J connectivity index is 1.77. The molecule has 1 heterocycles. The Morgan fingerprint density at radius 1 is 1.13 bits per heavy atom. The highest BCUT2D eigenvalue weighted by atomic mass is 32.2. The second-order valence-corrected chi connectivity index (χ2v) is 7.49. The van der Waals surface area contributed by atoms with E-state index in [1.807, 2.05) is 54.6 Å². The van der Waals surface area contributed by atoms with Crippen LogP contribution in [0.5, 0.6) is 5.75 Å². The zero-order valence-electron chi connectivity index (χ0n) is 17.0. The smallest absolute Gasteiger partial charge is 0.305 e. The molecule has 1 aliphatic heterocycles. The fourth-order valence-corrected chi connectivity index (χ4v) is 3.82. The number of carbonyl (C=O) groups excluding carboxylic acids is 2. The lowest BCUT2D eigenvalue weighted by Gasteiger charge is -2.17. The van der Waals surface area contributed by atoms with E-state index in [0.717, 1.165) is 17.0 Å². The first kappa shape index (κ1) is 21.6. The largest absolute Gasteiger partial charge is 0.497 e. The van der Waals surface area contributed by atoms with E-state index in [9.17, 15) is 9.59 Å². The van der Waals surface area contributed by atoms with Crippen molar-refractivity contribution in [2.45, 2.75) is 19.8 Å². The van der Waals surface area contributed by atoms with Crippen LogP contribution in [0.25, 0.3) is 6.08 Å². The molecule has 30 heavy (non-hydrogen) atoms. The maximum atomic E-state index is 13.1. The van der Waals surface area contributed by atoms with Crippen LogP contribution in [0.4, 0.5) is 5.69 Å². The number of anilines is 1. The summed E-state index contributed by atoms with van der Waals surface area (Å²) in [4.78, 5) is 30.8. The van der Waals surface area contributed by atoms with Gasteiger partial charge in [0.25, 0.3) is 5.91 Å². The first-order valence-corrected chi connectivity index (χ1v) is 10.7. The van der Waals surface area contributed by atoms with Crippen LogP contribution in [-0.2, 0) is 14.3 Å². The molecule has 156 valence electrons. The Morgan fingerprint density at radius 3 is 2.53 bits per heavy atom. The predicted molar refractivity (Wildman–Crippen MR) is 121 cm³/mol. The standard InChI is InChI=1S/C23H24N2O4S/c1-3-29-21(26)10-7-15-30-23-24-20(16-17-11-13-19(28-2)14-12-17)22(27)25(23)18-8-5-4-6-9-18/h4-6,8-9,11-14,16H,3,7,10,15H2,1-2H3/b20-16+. The lowest BCUT2D eigenvalue weighted by molar-refractivity contribution is -0.143. The molecule has 6 nitrogen and oxygen atoms in total. The summed E-state index contributed by atoms with van der Waals surface area (Å²) in [7, 11) is 1.61. The topological polar surface area (TPSA) is 68.2 Å². The molecule has 0 unspecified atom stereocenters. The molecule has 0 fully saturated rings. The van der Waals surface area contributed by atoms with Gasteiger partial charge in [-0.15, -0.1) is 0 Å². The molecule has 0 saturated carbocycles. The maximum absolute atomic E-state index is 13.1. The highest BCUT2D eigenvalue weighted by Crippen LogP contribution is 2.30. The number of methoxy groups -OCH3 is 1. The summed E-state index contributed by atoms with van der Waals surface area (Å²) in [5, 5.41) is 0.606. The van der Waals surface area contributed by atoms with Crippen molar-refractivity contribution in [2.75, 3.05) is 24.4 Å². The van der Waals surface area contributed by atoms with Gasteiger partial charge in [-0.2, -0.15) is 0 Å². The first-order chi connectivity index (χ1) is 14.6. The molecule has 0 bridgehead atoms. The van der Waals surface area contributed by atoms with Crippen molar-refractivity contribution in [3.05, 3.63) is 65.9 Å². The van der Waals surface area contributed by atoms with Gasteiger partial charge in [-0.1, -0.05) is 42.1 Å². The molecule has 0 N–H and O–H groups in total. The van der Waals surface area contributed by atoms with Crippen LogP contribution in [0.2, 0.25) is 0 Å². The van der Waals surface area contributed by atoms with E-state index in [-0.39, 0.29) is 11.9 Å². The molecule has 0 saturated heterocycles. The molecular weight excluding hydrogens is 400 g/mol. The Bertz CT molecular complexity index is 939. The first-order valence-electron chi connectivity index (χ1n) is 9.74. The van der Waals surface area contributed by atoms with Crippen LogP contribution in [0.1, 0.15) is 25.3 Å². The Hall–Kier alpha value is -3.06. The summed E-state index contributed by atoms with van der Waals surface area (Å²) in [5.41, 5.74) is 2.00. The molecular formula is C23H24N2O4S. The van der Waals surface area contributed by atoms with E-state index < -0.39 is 0 Å². The zero-order valence-corrected chi connectivity index (χ0v) is 17.9. The summed E-state index contributed by atoms with van der Waals surface area (Å²) in [6.45, 7) is 2.18. The van der Waals surface area contributed by atoms with Crippen molar-refractivity contribution in [3.63, 3.8) is 0 Å². The summed E-state index contributed by atoms with van der Waals surface area (Å²) in [6, 6.07) is 16.9. The lowest BCUT2D eigenvalue weighted by atomic mass is 10.2.